The van der Waals surface area contributed by atoms with E-state index in [1.54, 1.807) is 6.08 Å². The molecule has 0 fully saturated rings. The monoisotopic (exact) mass is 267 g/mol. The lowest BCUT2D eigenvalue weighted by molar-refractivity contribution is 0.0953. The Balaban J connectivity index is 2.72. The maximum absolute atomic E-state index is 11.7. The molecule has 0 spiro atoms. The Bertz CT molecular complexity index is 374. The van der Waals surface area contributed by atoms with Gasteiger partial charge in [0.1, 0.15) is 0 Å². The number of hydrogen-bond acceptors (Lipinski definition) is 1. The van der Waals surface area contributed by atoms with E-state index in [9.17, 15) is 4.79 Å². The maximum atomic E-state index is 11.7. The predicted molar refractivity (Wildman–Crippen MR) is 66.0 cm³/mol. The number of carbonyl (C=O) groups excluding carboxylic acids is 1. The fourth-order valence-corrected chi connectivity index (χ4v) is 1.58. The van der Waals surface area contributed by atoms with Crippen LogP contribution in [0.3, 0.4) is 0 Å². The first kappa shape index (κ1) is 12.0. The van der Waals surface area contributed by atoms with Crippen molar-refractivity contribution in [2.75, 3.05) is 6.54 Å². The van der Waals surface area contributed by atoms with Crippen molar-refractivity contribution >= 4 is 21.8 Å². The summed E-state index contributed by atoms with van der Waals surface area (Å²) in [4.78, 5) is 11.7. The molecular formula is C12H14BrNO. The van der Waals surface area contributed by atoms with Crippen molar-refractivity contribution in [1.82, 2.24) is 5.32 Å². The molecule has 1 rings (SSSR count). The van der Waals surface area contributed by atoms with Gasteiger partial charge < -0.3 is 5.32 Å². The highest BCUT2D eigenvalue weighted by Gasteiger charge is 2.07. The number of amides is 1. The predicted octanol–water partition coefficient (Wildman–Crippen LogP) is 3.06. The molecule has 1 aromatic rings. The van der Waals surface area contributed by atoms with Crippen LogP contribution in [0.4, 0.5) is 0 Å². The summed E-state index contributed by atoms with van der Waals surface area (Å²) in [6.07, 6.45) is 2.58. The Morgan fingerprint density at radius 2 is 2.33 bits per heavy atom. The zero-order chi connectivity index (χ0) is 11.3. The molecule has 1 amide bonds. The van der Waals surface area contributed by atoms with Crippen LogP contribution in [-0.4, -0.2) is 12.5 Å². The third kappa shape index (κ3) is 3.51. The van der Waals surface area contributed by atoms with Crippen molar-refractivity contribution < 1.29 is 4.79 Å². The number of halogens is 1. The van der Waals surface area contributed by atoms with Crippen molar-refractivity contribution in [2.45, 2.75) is 13.3 Å². The van der Waals surface area contributed by atoms with E-state index >= 15 is 0 Å². The van der Waals surface area contributed by atoms with Crippen molar-refractivity contribution in [3.63, 3.8) is 0 Å². The van der Waals surface area contributed by atoms with Crippen molar-refractivity contribution in [3.8, 4) is 0 Å². The van der Waals surface area contributed by atoms with E-state index < -0.39 is 0 Å². The normalized spacial score (nSPS) is 9.73. The van der Waals surface area contributed by atoms with Gasteiger partial charge in [-0.05, 0) is 31.0 Å². The minimum absolute atomic E-state index is 0.0318. The van der Waals surface area contributed by atoms with Gasteiger partial charge in [-0.1, -0.05) is 28.1 Å². The van der Waals surface area contributed by atoms with Gasteiger partial charge in [0.15, 0.2) is 0 Å². The summed E-state index contributed by atoms with van der Waals surface area (Å²) in [5, 5.41) is 2.84. The molecule has 1 N–H and O–H groups in total. The third-order valence-corrected chi connectivity index (χ3v) is 2.57. The Morgan fingerprint density at radius 1 is 1.60 bits per heavy atom. The second kappa shape index (κ2) is 5.71. The van der Waals surface area contributed by atoms with Gasteiger partial charge >= 0.3 is 0 Å². The number of carbonyl (C=O) groups is 1. The number of rotatable bonds is 4. The van der Waals surface area contributed by atoms with Crippen LogP contribution in [0.25, 0.3) is 0 Å². The van der Waals surface area contributed by atoms with Gasteiger partial charge in [-0.15, -0.1) is 6.58 Å². The minimum atomic E-state index is -0.0318. The lowest BCUT2D eigenvalue weighted by Crippen LogP contribution is -2.24. The first-order valence-electron chi connectivity index (χ1n) is 4.80. The van der Waals surface area contributed by atoms with Crippen LogP contribution < -0.4 is 5.32 Å². The van der Waals surface area contributed by atoms with Crippen LogP contribution in [0.1, 0.15) is 22.3 Å². The summed E-state index contributed by atoms with van der Waals surface area (Å²) in [6.45, 7) is 6.16. The van der Waals surface area contributed by atoms with Crippen LogP contribution in [-0.2, 0) is 0 Å². The first-order valence-corrected chi connectivity index (χ1v) is 5.59. The maximum Gasteiger partial charge on any atom is 0.251 e. The van der Waals surface area contributed by atoms with Crippen molar-refractivity contribution in [1.29, 1.82) is 0 Å². The van der Waals surface area contributed by atoms with Crippen LogP contribution in [0.2, 0.25) is 0 Å². The molecule has 0 saturated heterocycles. The molecule has 0 bridgehead atoms. The summed E-state index contributed by atoms with van der Waals surface area (Å²) < 4.78 is 0.918. The summed E-state index contributed by atoms with van der Waals surface area (Å²) in [6, 6.07) is 5.68. The summed E-state index contributed by atoms with van der Waals surface area (Å²) in [5.41, 5.74) is 1.70. The zero-order valence-electron chi connectivity index (χ0n) is 8.72. The van der Waals surface area contributed by atoms with Gasteiger partial charge in [0.25, 0.3) is 5.91 Å². The molecule has 0 atom stereocenters. The largest absolute Gasteiger partial charge is 0.352 e. The highest BCUT2D eigenvalue weighted by atomic mass is 79.9. The number of hydrogen-bond donors (Lipinski definition) is 1. The Hall–Kier alpha value is -1.09. The first-order chi connectivity index (χ1) is 7.15. The van der Waals surface area contributed by atoms with E-state index in [1.807, 2.05) is 25.1 Å². The van der Waals surface area contributed by atoms with Gasteiger partial charge in [0.2, 0.25) is 0 Å². The highest BCUT2D eigenvalue weighted by Crippen LogP contribution is 2.15. The smallest absolute Gasteiger partial charge is 0.251 e. The molecule has 0 aliphatic carbocycles. The van der Waals surface area contributed by atoms with Gasteiger partial charge in [0.05, 0.1) is 0 Å². The number of benzene rings is 1. The molecule has 0 radical (unpaired) electrons. The third-order valence-electron chi connectivity index (χ3n) is 2.08. The molecule has 3 heteroatoms. The highest BCUT2D eigenvalue weighted by molar-refractivity contribution is 9.10. The molecule has 0 heterocycles. The summed E-state index contributed by atoms with van der Waals surface area (Å²) in [5.74, 6) is -0.0318. The van der Waals surface area contributed by atoms with Crippen LogP contribution in [0, 0.1) is 6.92 Å². The topological polar surface area (TPSA) is 29.1 Å². The Morgan fingerprint density at radius 3 is 3.00 bits per heavy atom. The molecule has 80 valence electrons. The number of nitrogens with one attached hydrogen (secondary N) is 1. The van der Waals surface area contributed by atoms with E-state index in [0.29, 0.717) is 12.1 Å². The quantitative estimate of drug-likeness (QED) is 0.660. The fourth-order valence-electron chi connectivity index (χ4n) is 1.22. The molecule has 1 aromatic carbocycles. The Labute approximate surface area is 98.5 Å². The number of aryl methyl sites for hydroxylation is 1. The van der Waals surface area contributed by atoms with E-state index in [4.69, 9.17) is 0 Å². The molecular weight excluding hydrogens is 254 g/mol. The fraction of sp³-hybridized carbons (Fsp3) is 0.250. The molecule has 0 aromatic heterocycles. The van der Waals surface area contributed by atoms with Crippen LogP contribution in [0.5, 0.6) is 0 Å². The molecule has 0 saturated carbocycles. The van der Waals surface area contributed by atoms with Crippen LogP contribution >= 0.6 is 15.9 Å². The van der Waals surface area contributed by atoms with Crippen molar-refractivity contribution in [2.24, 2.45) is 0 Å². The molecule has 2 nitrogen and oxygen atoms in total. The second-order valence-electron chi connectivity index (χ2n) is 3.29. The second-order valence-corrected chi connectivity index (χ2v) is 4.21. The molecule has 0 aliphatic heterocycles. The SMILES string of the molecule is C=CCCNC(=O)c1cc(Br)ccc1C. The molecule has 0 aliphatic rings. The Kier molecular flexibility index (Phi) is 4.56. The van der Waals surface area contributed by atoms with E-state index in [2.05, 4.69) is 27.8 Å². The van der Waals surface area contributed by atoms with Crippen molar-refractivity contribution in [3.05, 3.63) is 46.5 Å². The van der Waals surface area contributed by atoms with E-state index in [1.165, 1.54) is 0 Å². The van der Waals surface area contributed by atoms with Gasteiger partial charge in [0, 0.05) is 16.6 Å². The summed E-state index contributed by atoms with van der Waals surface area (Å²) in [7, 11) is 0. The minimum Gasteiger partial charge on any atom is -0.352 e. The standard InChI is InChI=1S/C12H14BrNO/c1-3-4-7-14-12(15)11-8-10(13)6-5-9(11)2/h3,5-6,8H,1,4,7H2,2H3,(H,14,15). The average molecular weight is 268 g/mol. The summed E-state index contributed by atoms with van der Waals surface area (Å²) >= 11 is 3.35. The van der Waals surface area contributed by atoms with E-state index in [0.717, 1.165) is 16.5 Å². The molecule has 0 unspecified atom stereocenters. The van der Waals surface area contributed by atoms with Gasteiger partial charge in [-0.3, -0.25) is 4.79 Å². The van der Waals surface area contributed by atoms with Crippen LogP contribution in [0.15, 0.2) is 35.3 Å². The van der Waals surface area contributed by atoms with Gasteiger partial charge in [-0.2, -0.15) is 0 Å². The molecule has 15 heavy (non-hydrogen) atoms. The van der Waals surface area contributed by atoms with E-state index in [-0.39, 0.29) is 5.91 Å². The lowest BCUT2D eigenvalue weighted by Gasteiger charge is -2.06. The van der Waals surface area contributed by atoms with Gasteiger partial charge in [-0.25, -0.2) is 0 Å². The zero-order valence-corrected chi connectivity index (χ0v) is 10.3. The lowest BCUT2D eigenvalue weighted by atomic mass is 10.1. The average Bonchev–Trinajstić information content (AvgIpc) is 2.22.